The molecular formula is C36H22BrNS. The minimum atomic E-state index is 1.07. The average Bonchev–Trinajstić information content (AvgIpc) is 3.52. The van der Waals surface area contributed by atoms with Crippen molar-refractivity contribution in [2.45, 2.75) is 0 Å². The molecule has 2 aromatic heterocycles. The Bertz CT molecular complexity index is 2190. The Hall–Kier alpha value is -4.18. The van der Waals surface area contributed by atoms with Crippen molar-refractivity contribution in [3.05, 3.63) is 138 Å². The Morgan fingerprint density at radius 2 is 1.21 bits per heavy atom. The number of halogens is 1. The molecule has 0 saturated carbocycles. The van der Waals surface area contributed by atoms with E-state index in [1.807, 2.05) is 11.3 Å². The number of fused-ring (bicyclic) bond motifs is 6. The summed E-state index contributed by atoms with van der Waals surface area (Å²) in [5.74, 6) is 0. The van der Waals surface area contributed by atoms with Gasteiger partial charge in [0.1, 0.15) is 0 Å². The van der Waals surface area contributed by atoms with Gasteiger partial charge in [-0.1, -0.05) is 101 Å². The summed E-state index contributed by atoms with van der Waals surface area (Å²) in [6.45, 7) is 0. The first kappa shape index (κ1) is 22.8. The lowest BCUT2D eigenvalue weighted by Gasteiger charge is -2.13. The van der Waals surface area contributed by atoms with Crippen molar-refractivity contribution in [2.24, 2.45) is 0 Å². The molecule has 0 atom stereocenters. The molecule has 6 aromatic carbocycles. The predicted octanol–water partition coefficient (Wildman–Crippen LogP) is 11.2. The van der Waals surface area contributed by atoms with Gasteiger partial charge in [0.2, 0.25) is 0 Å². The second-order valence-corrected chi connectivity index (χ2v) is 11.9. The van der Waals surface area contributed by atoms with Gasteiger partial charge in [-0.25, -0.2) is 0 Å². The summed E-state index contributed by atoms with van der Waals surface area (Å²) in [4.78, 5) is 0. The highest BCUT2D eigenvalue weighted by molar-refractivity contribution is 9.10. The summed E-state index contributed by atoms with van der Waals surface area (Å²) in [6, 6.07) is 48.4. The average molecular weight is 581 g/mol. The van der Waals surface area contributed by atoms with Crippen LogP contribution in [0.3, 0.4) is 0 Å². The van der Waals surface area contributed by atoms with Crippen LogP contribution in [0.15, 0.2) is 138 Å². The molecule has 8 aromatic rings. The molecule has 184 valence electrons. The summed E-state index contributed by atoms with van der Waals surface area (Å²) < 4.78 is 6.14. The maximum Gasteiger partial charge on any atom is 0.0619 e. The number of aromatic nitrogens is 1. The first-order valence-electron chi connectivity index (χ1n) is 13.0. The fourth-order valence-corrected chi connectivity index (χ4v) is 7.55. The molecule has 0 saturated heterocycles. The molecule has 0 fully saturated rings. The van der Waals surface area contributed by atoms with E-state index < -0.39 is 0 Å². The molecule has 0 aliphatic rings. The van der Waals surface area contributed by atoms with Crippen molar-refractivity contribution >= 4 is 69.2 Å². The normalized spacial score (nSPS) is 11.7. The number of thiophene rings is 1. The fourth-order valence-electron chi connectivity index (χ4n) is 5.91. The fraction of sp³-hybridized carbons (Fsp3) is 0. The Morgan fingerprint density at radius 3 is 2.10 bits per heavy atom. The smallest absolute Gasteiger partial charge is 0.0619 e. The molecule has 0 bridgehead atoms. The lowest BCUT2D eigenvalue weighted by molar-refractivity contribution is 1.18. The Balaban J connectivity index is 1.37. The van der Waals surface area contributed by atoms with Crippen molar-refractivity contribution in [2.75, 3.05) is 0 Å². The lowest BCUT2D eigenvalue weighted by atomic mass is 9.97. The number of nitrogens with zero attached hydrogens (tertiary/aromatic N) is 1. The summed E-state index contributed by atoms with van der Waals surface area (Å²) in [7, 11) is 0. The molecule has 2 heterocycles. The van der Waals surface area contributed by atoms with E-state index in [0.29, 0.717) is 0 Å². The number of rotatable bonds is 3. The molecule has 39 heavy (non-hydrogen) atoms. The molecule has 0 amide bonds. The van der Waals surface area contributed by atoms with Gasteiger partial charge in [-0.2, -0.15) is 0 Å². The van der Waals surface area contributed by atoms with Gasteiger partial charge in [0.15, 0.2) is 0 Å². The Morgan fingerprint density at radius 1 is 0.487 bits per heavy atom. The van der Waals surface area contributed by atoms with Crippen LogP contribution in [0.1, 0.15) is 0 Å². The summed E-state index contributed by atoms with van der Waals surface area (Å²) >= 11 is 5.71. The van der Waals surface area contributed by atoms with Crippen LogP contribution >= 0.6 is 27.3 Å². The predicted molar refractivity (Wildman–Crippen MR) is 172 cm³/mol. The van der Waals surface area contributed by atoms with Crippen LogP contribution in [0, 0.1) is 0 Å². The van der Waals surface area contributed by atoms with Gasteiger partial charge in [0.05, 0.1) is 11.0 Å². The van der Waals surface area contributed by atoms with E-state index in [1.165, 1.54) is 69.9 Å². The standard InChI is InChI=1S/C36H22BrNS/c37-26-20-24(23-17-18-31-30-12-5-7-16-34(30)39-35(31)22-23)19-25(21-26)28-13-8-14-32-29-11-4-6-15-33(29)38(36(28)32)27-9-2-1-3-10-27/h1-22H. The number of benzene rings is 6. The molecule has 0 radical (unpaired) electrons. The third-order valence-corrected chi connectivity index (χ3v) is 9.22. The molecule has 0 unspecified atom stereocenters. The minimum Gasteiger partial charge on any atom is -0.309 e. The maximum absolute atomic E-state index is 3.84. The molecular weight excluding hydrogens is 558 g/mol. The van der Waals surface area contributed by atoms with E-state index in [0.717, 1.165) is 4.47 Å². The highest BCUT2D eigenvalue weighted by atomic mass is 79.9. The van der Waals surface area contributed by atoms with Crippen LogP contribution in [0.25, 0.3) is 69.9 Å². The summed E-state index contributed by atoms with van der Waals surface area (Å²) in [5.41, 5.74) is 8.47. The van der Waals surface area contributed by atoms with Crippen molar-refractivity contribution in [3.63, 3.8) is 0 Å². The highest BCUT2D eigenvalue weighted by Gasteiger charge is 2.17. The molecule has 0 aliphatic carbocycles. The quantitative estimate of drug-likeness (QED) is 0.196. The zero-order chi connectivity index (χ0) is 25.9. The molecule has 0 N–H and O–H groups in total. The largest absolute Gasteiger partial charge is 0.309 e. The van der Waals surface area contributed by atoms with Crippen LogP contribution in [-0.4, -0.2) is 4.57 Å². The van der Waals surface area contributed by atoms with Gasteiger partial charge < -0.3 is 4.57 Å². The molecule has 8 rings (SSSR count). The highest BCUT2D eigenvalue weighted by Crippen LogP contribution is 2.41. The SMILES string of the molecule is Brc1cc(-c2ccc3c(c2)sc2ccccc23)cc(-c2cccc3c4ccccc4n(-c4ccccc4)c23)c1. The summed E-state index contributed by atoms with van der Waals surface area (Å²) in [6.07, 6.45) is 0. The lowest BCUT2D eigenvalue weighted by Crippen LogP contribution is -1.95. The van der Waals surface area contributed by atoms with Crippen LogP contribution in [0.4, 0.5) is 0 Å². The molecule has 0 aliphatic heterocycles. The zero-order valence-corrected chi connectivity index (χ0v) is 23.3. The third kappa shape index (κ3) is 3.65. The van der Waals surface area contributed by atoms with Crippen LogP contribution in [-0.2, 0) is 0 Å². The minimum absolute atomic E-state index is 1.07. The van der Waals surface area contributed by atoms with E-state index in [1.54, 1.807) is 0 Å². The zero-order valence-electron chi connectivity index (χ0n) is 20.9. The van der Waals surface area contributed by atoms with Crippen LogP contribution in [0.5, 0.6) is 0 Å². The first-order valence-corrected chi connectivity index (χ1v) is 14.7. The monoisotopic (exact) mass is 579 g/mol. The van der Waals surface area contributed by atoms with E-state index in [-0.39, 0.29) is 0 Å². The maximum atomic E-state index is 3.84. The van der Waals surface area contributed by atoms with Crippen molar-refractivity contribution in [1.82, 2.24) is 4.57 Å². The first-order chi connectivity index (χ1) is 19.2. The van der Waals surface area contributed by atoms with Crippen LogP contribution in [0.2, 0.25) is 0 Å². The van der Waals surface area contributed by atoms with Gasteiger partial charge in [0, 0.05) is 46.7 Å². The number of hydrogen-bond donors (Lipinski definition) is 0. The van der Waals surface area contributed by atoms with E-state index in [9.17, 15) is 0 Å². The van der Waals surface area contributed by atoms with E-state index in [2.05, 4.69) is 154 Å². The van der Waals surface area contributed by atoms with Gasteiger partial charge in [0.25, 0.3) is 0 Å². The van der Waals surface area contributed by atoms with Gasteiger partial charge in [-0.05, 0) is 65.2 Å². The topological polar surface area (TPSA) is 4.93 Å². The molecule has 3 heteroatoms. The van der Waals surface area contributed by atoms with Crippen molar-refractivity contribution in [3.8, 4) is 27.9 Å². The number of hydrogen-bond acceptors (Lipinski definition) is 1. The van der Waals surface area contributed by atoms with Gasteiger partial charge >= 0.3 is 0 Å². The van der Waals surface area contributed by atoms with E-state index in [4.69, 9.17) is 0 Å². The molecule has 0 spiro atoms. The Labute approximate surface area is 238 Å². The number of para-hydroxylation sites is 3. The molecule has 1 nitrogen and oxygen atoms in total. The third-order valence-electron chi connectivity index (χ3n) is 7.63. The van der Waals surface area contributed by atoms with Gasteiger partial charge in [-0.3, -0.25) is 0 Å². The van der Waals surface area contributed by atoms with E-state index >= 15 is 0 Å². The van der Waals surface area contributed by atoms with Crippen molar-refractivity contribution < 1.29 is 0 Å². The second-order valence-electron chi connectivity index (χ2n) is 9.93. The van der Waals surface area contributed by atoms with Gasteiger partial charge in [-0.15, -0.1) is 11.3 Å². The van der Waals surface area contributed by atoms with Crippen LogP contribution < -0.4 is 0 Å². The summed E-state index contributed by atoms with van der Waals surface area (Å²) in [5, 5.41) is 5.19. The van der Waals surface area contributed by atoms with Crippen molar-refractivity contribution in [1.29, 1.82) is 0 Å². The Kier molecular flexibility index (Phi) is 5.22. The second kappa shape index (κ2) is 8.94.